The maximum atomic E-state index is 12.7. The quantitative estimate of drug-likeness (QED) is 0.798. The van der Waals surface area contributed by atoms with Crippen molar-refractivity contribution in [1.29, 1.82) is 0 Å². The Labute approximate surface area is 139 Å². The van der Waals surface area contributed by atoms with Gasteiger partial charge in [-0.2, -0.15) is 5.10 Å². The second-order valence-electron chi connectivity index (χ2n) is 5.96. The fraction of sp³-hybridized carbons (Fsp3) is 0.294. The lowest BCUT2D eigenvalue weighted by atomic mass is 9.93. The largest absolute Gasteiger partial charge is 0.345 e. The van der Waals surface area contributed by atoms with E-state index in [1.54, 1.807) is 41.6 Å². The molecule has 3 heterocycles. The first kappa shape index (κ1) is 14.6. The fourth-order valence-electron chi connectivity index (χ4n) is 3.19. The van der Waals surface area contributed by atoms with E-state index in [4.69, 9.17) is 0 Å². The van der Waals surface area contributed by atoms with E-state index >= 15 is 0 Å². The van der Waals surface area contributed by atoms with Crippen LogP contribution in [-0.2, 0) is 13.5 Å². The van der Waals surface area contributed by atoms with Crippen molar-refractivity contribution >= 4 is 5.91 Å². The highest BCUT2D eigenvalue weighted by Crippen LogP contribution is 2.29. The van der Waals surface area contributed by atoms with Crippen molar-refractivity contribution < 1.29 is 4.79 Å². The van der Waals surface area contributed by atoms with E-state index in [9.17, 15) is 4.79 Å². The average molecular weight is 322 g/mol. The number of pyridine rings is 1. The summed E-state index contributed by atoms with van der Waals surface area (Å²) in [5, 5.41) is 7.45. The molecule has 7 heteroatoms. The van der Waals surface area contributed by atoms with Gasteiger partial charge in [0.25, 0.3) is 5.91 Å². The van der Waals surface area contributed by atoms with E-state index in [0.29, 0.717) is 11.4 Å². The zero-order valence-corrected chi connectivity index (χ0v) is 13.4. The molecule has 3 aromatic heterocycles. The molecule has 0 fully saturated rings. The Morgan fingerprint density at radius 2 is 2.29 bits per heavy atom. The van der Waals surface area contributed by atoms with Crippen LogP contribution in [0.25, 0.3) is 5.82 Å². The molecule has 122 valence electrons. The number of imidazole rings is 1. The van der Waals surface area contributed by atoms with Gasteiger partial charge in [0.2, 0.25) is 0 Å². The molecule has 24 heavy (non-hydrogen) atoms. The van der Waals surface area contributed by atoms with Crippen molar-refractivity contribution in [2.75, 3.05) is 0 Å². The number of aromatic nitrogens is 5. The number of rotatable bonds is 3. The molecular weight excluding hydrogens is 304 g/mol. The first-order chi connectivity index (χ1) is 11.7. The normalized spacial score (nSPS) is 16.6. The zero-order valence-electron chi connectivity index (χ0n) is 13.4. The Morgan fingerprint density at radius 1 is 1.38 bits per heavy atom. The summed E-state index contributed by atoms with van der Waals surface area (Å²) in [6, 6.07) is 3.51. The average Bonchev–Trinajstić information content (AvgIpc) is 3.26. The molecule has 4 rings (SSSR count). The Hall–Kier alpha value is -2.96. The lowest BCUT2D eigenvalue weighted by Gasteiger charge is -2.23. The molecule has 0 aliphatic heterocycles. The van der Waals surface area contributed by atoms with E-state index in [-0.39, 0.29) is 11.9 Å². The van der Waals surface area contributed by atoms with Gasteiger partial charge in [0, 0.05) is 42.5 Å². The van der Waals surface area contributed by atoms with E-state index in [1.165, 1.54) is 5.69 Å². The summed E-state index contributed by atoms with van der Waals surface area (Å²) < 4.78 is 3.67. The van der Waals surface area contributed by atoms with Crippen LogP contribution in [0.3, 0.4) is 0 Å². The van der Waals surface area contributed by atoms with Crippen molar-refractivity contribution in [2.24, 2.45) is 7.05 Å². The third kappa shape index (κ3) is 2.58. The molecule has 0 spiro atoms. The molecule has 1 amide bonds. The first-order valence-corrected chi connectivity index (χ1v) is 7.98. The number of hydrogen-bond donors (Lipinski definition) is 1. The number of nitrogens with one attached hydrogen (secondary N) is 1. The second kappa shape index (κ2) is 5.92. The molecule has 1 N–H and O–H groups in total. The van der Waals surface area contributed by atoms with E-state index in [1.807, 2.05) is 17.9 Å². The SMILES string of the molecule is Cn1ncc2c1CCC[C@H]2NC(=O)c1ccnc(-n2ccnc2)c1. The fourth-order valence-corrected chi connectivity index (χ4v) is 3.19. The van der Waals surface area contributed by atoms with Crippen LogP contribution in [0.4, 0.5) is 0 Å². The molecule has 1 aliphatic rings. The number of hydrogen-bond acceptors (Lipinski definition) is 4. The minimum Gasteiger partial charge on any atom is -0.345 e. The summed E-state index contributed by atoms with van der Waals surface area (Å²) in [6.45, 7) is 0. The minimum absolute atomic E-state index is 0.0137. The Bertz CT molecular complexity index is 867. The highest BCUT2D eigenvalue weighted by molar-refractivity contribution is 5.94. The van der Waals surface area contributed by atoms with E-state index in [2.05, 4.69) is 20.4 Å². The van der Waals surface area contributed by atoms with Crippen LogP contribution >= 0.6 is 0 Å². The van der Waals surface area contributed by atoms with Crippen LogP contribution < -0.4 is 5.32 Å². The van der Waals surface area contributed by atoms with Crippen molar-refractivity contribution in [1.82, 2.24) is 29.6 Å². The van der Waals surface area contributed by atoms with Crippen LogP contribution in [0, 0.1) is 0 Å². The van der Waals surface area contributed by atoms with Crippen LogP contribution in [0.15, 0.2) is 43.2 Å². The second-order valence-corrected chi connectivity index (χ2v) is 5.96. The number of carbonyl (C=O) groups is 1. The summed E-state index contributed by atoms with van der Waals surface area (Å²) in [5.74, 6) is 0.575. The van der Waals surface area contributed by atoms with Crippen LogP contribution in [-0.4, -0.2) is 30.2 Å². The number of amides is 1. The standard InChI is InChI=1S/C17H18N6O/c1-22-15-4-2-3-14(13(15)10-20-22)21-17(24)12-5-6-19-16(9-12)23-8-7-18-11-23/h5-11,14H,2-4H2,1H3,(H,21,24)/t14-/m1/s1. The third-order valence-corrected chi connectivity index (χ3v) is 4.46. The Kier molecular flexibility index (Phi) is 3.60. The van der Waals surface area contributed by atoms with Crippen LogP contribution in [0.5, 0.6) is 0 Å². The highest BCUT2D eigenvalue weighted by Gasteiger charge is 2.25. The molecule has 0 radical (unpaired) electrons. The smallest absolute Gasteiger partial charge is 0.251 e. The van der Waals surface area contributed by atoms with E-state index in [0.717, 1.165) is 24.8 Å². The van der Waals surface area contributed by atoms with Crippen molar-refractivity contribution in [2.45, 2.75) is 25.3 Å². The van der Waals surface area contributed by atoms with Gasteiger partial charge < -0.3 is 5.32 Å². The summed E-state index contributed by atoms with van der Waals surface area (Å²) in [5.41, 5.74) is 2.92. The molecule has 1 atom stereocenters. The van der Waals surface area contributed by atoms with Crippen molar-refractivity contribution in [3.05, 3.63) is 60.1 Å². The van der Waals surface area contributed by atoms with Gasteiger partial charge >= 0.3 is 0 Å². The molecule has 0 saturated heterocycles. The molecule has 7 nitrogen and oxygen atoms in total. The number of nitrogens with zero attached hydrogens (tertiary/aromatic N) is 5. The monoisotopic (exact) mass is 322 g/mol. The minimum atomic E-state index is -0.0968. The van der Waals surface area contributed by atoms with E-state index < -0.39 is 0 Å². The van der Waals surface area contributed by atoms with Gasteiger partial charge in [-0.25, -0.2) is 9.97 Å². The highest BCUT2D eigenvalue weighted by atomic mass is 16.1. The van der Waals surface area contributed by atoms with Crippen molar-refractivity contribution in [3.63, 3.8) is 0 Å². The summed E-state index contributed by atoms with van der Waals surface area (Å²) in [6.07, 6.45) is 11.6. The molecular formula is C17H18N6O. The molecule has 3 aromatic rings. The summed E-state index contributed by atoms with van der Waals surface area (Å²) in [4.78, 5) is 20.9. The molecule has 1 aliphatic carbocycles. The topological polar surface area (TPSA) is 77.6 Å². The predicted octanol–water partition coefficient (Wildman–Crippen LogP) is 1.81. The molecule has 0 aromatic carbocycles. The van der Waals surface area contributed by atoms with Gasteiger partial charge in [-0.1, -0.05) is 0 Å². The number of fused-ring (bicyclic) bond motifs is 1. The molecule has 0 unspecified atom stereocenters. The third-order valence-electron chi connectivity index (χ3n) is 4.46. The lowest BCUT2D eigenvalue weighted by Crippen LogP contribution is -2.31. The Balaban J connectivity index is 1.56. The summed E-state index contributed by atoms with van der Waals surface area (Å²) in [7, 11) is 1.95. The molecule has 0 saturated carbocycles. The first-order valence-electron chi connectivity index (χ1n) is 7.98. The maximum Gasteiger partial charge on any atom is 0.251 e. The van der Waals surface area contributed by atoms with Gasteiger partial charge in [-0.3, -0.25) is 14.0 Å². The molecule has 0 bridgehead atoms. The van der Waals surface area contributed by atoms with Gasteiger partial charge in [-0.05, 0) is 31.4 Å². The van der Waals surface area contributed by atoms with Crippen LogP contribution in [0.1, 0.15) is 40.5 Å². The van der Waals surface area contributed by atoms with Gasteiger partial charge in [0.05, 0.1) is 12.2 Å². The lowest BCUT2D eigenvalue weighted by molar-refractivity contribution is 0.0932. The van der Waals surface area contributed by atoms with Gasteiger partial charge in [-0.15, -0.1) is 0 Å². The maximum absolute atomic E-state index is 12.7. The van der Waals surface area contributed by atoms with Crippen LogP contribution in [0.2, 0.25) is 0 Å². The number of aryl methyl sites for hydroxylation is 1. The Morgan fingerprint density at radius 3 is 3.12 bits per heavy atom. The zero-order chi connectivity index (χ0) is 16.5. The van der Waals surface area contributed by atoms with Crippen molar-refractivity contribution in [3.8, 4) is 5.82 Å². The van der Waals surface area contributed by atoms with Gasteiger partial charge in [0.15, 0.2) is 0 Å². The number of carbonyl (C=O) groups excluding carboxylic acids is 1. The van der Waals surface area contributed by atoms with Gasteiger partial charge in [0.1, 0.15) is 12.1 Å². The summed E-state index contributed by atoms with van der Waals surface area (Å²) >= 11 is 0. The predicted molar refractivity (Wildman–Crippen MR) is 87.7 cm³/mol.